The number of hydrogen-bond donors (Lipinski definition) is 0. The van der Waals surface area contributed by atoms with E-state index >= 15 is 0 Å². The first kappa shape index (κ1) is 15.2. The molecule has 0 spiro atoms. The summed E-state index contributed by atoms with van der Waals surface area (Å²) in [6, 6.07) is 2.24. The molecule has 0 fully saturated rings. The van der Waals surface area contributed by atoms with E-state index in [1.807, 2.05) is 0 Å². The van der Waals surface area contributed by atoms with Crippen LogP contribution < -0.4 is 0 Å². The SMILES string of the molecule is O=S(=O)(Cl)N=[S@@](=O)(c1ccc(F)cc1)C(F)(F)F. The predicted molar refractivity (Wildman–Crippen MR) is 56.1 cm³/mol. The van der Waals surface area contributed by atoms with Crippen LogP contribution in [0.5, 0.6) is 0 Å². The largest absolute Gasteiger partial charge is 0.484 e. The first-order valence-electron chi connectivity index (χ1n) is 4.00. The van der Waals surface area contributed by atoms with E-state index in [1.165, 1.54) is 0 Å². The van der Waals surface area contributed by atoms with Crippen LogP contribution in [0.15, 0.2) is 32.9 Å². The zero-order valence-corrected chi connectivity index (χ0v) is 10.6. The number of benzene rings is 1. The molecule has 0 aliphatic carbocycles. The van der Waals surface area contributed by atoms with Crippen LogP contribution in [0.25, 0.3) is 0 Å². The lowest BCUT2D eigenvalue weighted by Gasteiger charge is -2.12. The minimum absolute atomic E-state index is 0.525. The molecule has 1 rings (SSSR count). The second kappa shape index (κ2) is 4.67. The summed E-state index contributed by atoms with van der Waals surface area (Å²) in [5, 5.41) is 0. The van der Waals surface area contributed by atoms with Crippen molar-refractivity contribution in [1.29, 1.82) is 0 Å². The summed E-state index contributed by atoms with van der Waals surface area (Å²) in [6.45, 7) is 0. The van der Waals surface area contributed by atoms with Gasteiger partial charge in [-0.2, -0.15) is 21.6 Å². The fourth-order valence-electron chi connectivity index (χ4n) is 0.963. The number of nitrogens with zero attached hydrogens (tertiary/aromatic N) is 1. The summed E-state index contributed by atoms with van der Waals surface area (Å²) in [6.07, 6.45) is 0. The van der Waals surface area contributed by atoms with E-state index in [0.29, 0.717) is 24.3 Å². The lowest BCUT2D eigenvalue weighted by molar-refractivity contribution is -0.0401. The highest BCUT2D eigenvalue weighted by Gasteiger charge is 2.46. The van der Waals surface area contributed by atoms with Crippen molar-refractivity contribution in [2.45, 2.75) is 10.4 Å². The molecular formula is C7H4ClF4NO3S2. The zero-order valence-electron chi connectivity index (χ0n) is 8.19. The lowest BCUT2D eigenvalue weighted by atomic mass is 10.4. The van der Waals surface area contributed by atoms with Crippen LogP contribution in [0.3, 0.4) is 0 Å². The molecule has 1 atom stereocenters. The van der Waals surface area contributed by atoms with Gasteiger partial charge in [-0.3, -0.25) is 0 Å². The summed E-state index contributed by atoms with van der Waals surface area (Å²) < 4.78 is 85.4. The van der Waals surface area contributed by atoms with Gasteiger partial charge in [0.2, 0.25) is 0 Å². The van der Waals surface area contributed by atoms with Gasteiger partial charge in [0.05, 0.1) is 4.90 Å². The van der Waals surface area contributed by atoms with Gasteiger partial charge in [-0.05, 0) is 24.3 Å². The van der Waals surface area contributed by atoms with Gasteiger partial charge >= 0.3 is 14.7 Å². The van der Waals surface area contributed by atoms with Gasteiger partial charge < -0.3 is 0 Å². The van der Waals surface area contributed by atoms with Crippen LogP contribution in [-0.4, -0.2) is 18.1 Å². The van der Waals surface area contributed by atoms with Gasteiger partial charge in [0.1, 0.15) is 5.82 Å². The van der Waals surface area contributed by atoms with Crippen molar-refractivity contribution in [2.24, 2.45) is 3.77 Å². The van der Waals surface area contributed by atoms with Gasteiger partial charge in [-0.1, -0.05) is 3.77 Å². The minimum Gasteiger partial charge on any atom is -0.235 e. The van der Waals surface area contributed by atoms with Crippen molar-refractivity contribution >= 4 is 29.6 Å². The molecular weight excluding hydrogens is 322 g/mol. The van der Waals surface area contributed by atoms with E-state index in [1.54, 1.807) is 0 Å². The number of hydrogen-bond acceptors (Lipinski definition) is 3. The highest BCUT2D eigenvalue weighted by molar-refractivity contribution is 8.17. The Balaban J connectivity index is 3.66. The second-order valence-electron chi connectivity index (χ2n) is 2.91. The summed E-state index contributed by atoms with van der Waals surface area (Å²) >= 11 is 0. The second-order valence-corrected chi connectivity index (χ2v) is 7.49. The molecule has 102 valence electrons. The number of halogens is 5. The first-order chi connectivity index (χ1) is 7.96. The zero-order chi connectivity index (χ0) is 14.2. The molecule has 0 amide bonds. The predicted octanol–water partition coefficient (Wildman–Crippen LogP) is 2.66. The van der Waals surface area contributed by atoms with E-state index in [2.05, 4.69) is 14.5 Å². The molecule has 0 aliphatic rings. The Bertz CT molecular complexity index is 659. The third kappa shape index (κ3) is 3.33. The minimum atomic E-state index is -5.47. The first-order valence-corrected chi connectivity index (χ1v) is 7.79. The Hall–Kier alpha value is -0.870. The molecule has 4 nitrogen and oxygen atoms in total. The van der Waals surface area contributed by atoms with Crippen molar-refractivity contribution in [3.63, 3.8) is 0 Å². The van der Waals surface area contributed by atoms with Gasteiger partial charge in [0.25, 0.3) is 0 Å². The maximum atomic E-state index is 12.6. The highest BCUT2D eigenvalue weighted by atomic mass is 35.7. The van der Waals surface area contributed by atoms with E-state index in [4.69, 9.17) is 0 Å². The van der Waals surface area contributed by atoms with Gasteiger partial charge in [-0.25, -0.2) is 8.60 Å². The highest BCUT2D eigenvalue weighted by Crippen LogP contribution is 2.34. The van der Waals surface area contributed by atoms with Crippen molar-refractivity contribution < 1.29 is 30.2 Å². The van der Waals surface area contributed by atoms with Crippen LogP contribution in [0.1, 0.15) is 0 Å². The van der Waals surface area contributed by atoms with Crippen LogP contribution in [0.2, 0.25) is 0 Å². The van der Waals surface area contributed by atoms with E-state index in [0.717, 1.165) is 0 Å². The third-order valence-electron chi connectivity index (χ3n) is 1.64. The normalized spacial score (nSPS) is 16.1. The molecule has 0 saturated heterocycles. The summed E-state index contributed by atoms with van der Waals surface area (Å²) in [7, 11) is -5.78. The molecule has 1 aromatic carbocycles. The molecule has 0 radical (unpaired) electrons. The fourth-order valence-corrected chi connectivity index (χ4v) is 4.14. The monoisotopic (exact) mass is 325 g/mol. The van der Waals surface area contributed by atoms with Crippen molar-refractivity contribution in [3.8, 4) is 0 Å². The summed E-state index contributed by atoms with van der Waals surface area (Å²) in [5.41, 5.74) is -5.47. The average molecular weight is 326 g/mol. The summed E-state index contributed by atoms with van der Waals surface area (Å²) in [5.74, 6) is -0.878. The van der Waals surface area contributed by atoms with Crippen molar-refractivity contribution in [1.82, 2.24) is 0 Å². The number of rotatable bonds is 2. The maximum absolute atomic E-state index is 12.6. The van der Waals surface area contributed by atoms with E-state index in [-0.39, 0.29) is 0 Å². The molecule has 0 unspecified atom stereocenters. The summed E-state index contributed by atoms with van der Waals surface area (Å²) in [4.78, 5) is -0.999. The Morgan fingerprint density at radius 1 is 1.06 bits per heavy atom. The lowest BCUT2D eigenvalue weighted by Crippen LogP contribution is -2.24. The van der Waals surface area contributed by atoms with Crippen molar-refractivity contribution in [3.05, 3.63) is 30.1 Å². The fraction of sp³-hybridized carbons (Fsp3) is 0.143. The van der Waals surface area contributed by atoms with E-state index in [9.17, 15) is 30.2 Å². The molecule has 0 N–H and O–H groups in total. The molecule has 0 aliphatic heterocycles. The Morgan fingerprint density at radius 2 is 1.50 bits per heavy atom. The van der Waals surface area contributed by atoms with Crippen LogP contribution >= 0.6 is 10.7 Å². The topological polar surface area (TPSA) is 63.6 Å². The average Bonchev–Trinajstić information content (AvgIpc) is 2.13. The third-order valence-corrected chi connectivity index (χ3v) is 5.24. The Morgan fingerprint density at radius 3 is 1.83 bits per heavy atom. The Kier molecular flexibility index (Phi) is 3.94. The van der Waals surface area contributed by atoms with Crippen LogP contribution in [0.4, 0.5) is 17.6 Å². The van der Waals surface area contributed by atoms with Gasteiger partial charge in [0.15, 0.2) is 9.73 Å². The molecule has 0 saturated carbocycles. The maximum Gasteiger partial charge on any atom is 0.484 e. The molecule has 1 aromatic rings. The van der Waals surface area contributed by atoms with Crippen LogP contribution in [0, 0.1) is 5.82 Å². The standard InChI is InChI=1S/C7H4ClF4NO3S2/c8-18(15,16)13-17(14,7(10,11)12)6-3-1-5(9)2-4-6/h1-4H/t17-/m1/s1. The van der Waals surface area contributed by atoms with Gasteiger partial charge in [0, 0.05) is 10.7 Å². The quantitative estimate of drug-likeness (QED) is 0.620. The molecule has 0 heterocycles. The Labute approximate surface area is 104 Å². The molecule has 0 bridgehead atoms. The van der Waals surface area contributed by atoms with Crippen LogP contribution in [-0.2, 0) is 19.0 Å². The van der Waals surface area contributed by atoms with Gasteiger partial charge in [-0.15, -0.1) is 0 Å². The molecule has 11 heteroatoms. The van der Waals surface area contributed by atoms with Crippen molar-refractivity contribution in [2.75, 3.05) is 0 Å². The number of alkyl halides is 3. The molecule has 0 aromatic heterocycles. The smallest absolute Gasteiger partial charge is 0.235 e. The molecule has 18 heavy (non-hydrogen) atoms. The van der Waals surface area contributed by atoms with E-state index < -0.39 is 35.2 Å².